The van der Waals surface area contributed by atoms with Crippen molar-refractivity contribution in [3.05, 3.63) is 48.0 Å². The molecule has 26 heavy (non-hydrogen) atoms. The second-order valence-corrected chi connectivity index (χ2v) is 7.42. The van der Waals surface area contributed by atoms with E-state index in [1.165, 1.54) is 20.3 Å². The summed E-state index contributed by atoms with van der Waals surface area (Å²) in [7, 11) is 0.902. The number of ether oxygens (including phenoxy) is 3. The van der Waals surface area contributed by atoms with Crippen LogP contribution in [0.2, 0.25) is 0 Å². The molecule has 0 aromatic heterocycles. The van der Waals surface area contributed by atoms with E-state index in [2.05, 4.69) is 4.72 Å². The molecule has 142 valence electrons. The Bertz CT molecular complexity index is 820. The normalized spacial score (nSPS) is 11.2. The molecule has 1 N–H and O–H groups in total. The van der Waals surface area contributed by atoms with E-state index in [4.69, 9.17) is 14.2 Å². The van der Waals surface area contributed by atoms with Crippen LogP contribution in [0.1, 0.15) is 18.4 Å². The molecule has 2 aromatic carbocycles. The number of methoxy groups -OCH3 is 3. The highest BCUT2D eigenvalue weighted by Crippen LogP contribution is 2.28. The average Bonchev–Trinajstić information content (AvgIpc) is 2.67. The van der Waals surface area contributed by atoms with E-state index in [0.29, 0.717) is 18.7 Å². The maximum atomic E-state index is 12.5. The van der Waals surface area contributed by atoms with Crippen molar-refractivity contribution in [2.75, 3.05) is 27.9 Å². The third-order valence-electron chi connectivity index (χ3n) is 4.02. The SMILES string of the molecule is COc1ccc(OC)c(S(=O)(=O)NCCCCc2ccccc2OC)c1. The van der Waals surface area contributed by atoms with Crippen LogP contribution in [0.4, 0.5) is 0 Å². The van der Waals surface area contributed by atoms with Gasteiger partial charge in [-0.15, -0.1) is 0 Å². The number of para-hydroxylation sites is 1. The molecule has 7 heteroatoms. The molecule has 6 nitrogen and oxygen atoms in total. The fourth-order valence-corrected chi connectivity index (χ4v) is 3.88. The summed E-state index contributed by atoms with van der Waals surface area (Å²) in [6.45, 7) is 0.345. The molecule has 0 spiro atoms. The fraction of sp³-hybridized carbons (Fsp3) is 0.368. The molecule has 0 aliphatic heterocycles. The zero-order valence-electron chi connectivity index (χ0n) is 15.3. The van der Waals surface area contributed by atoms with Crippen molar-refractivity contribution in [2.24, 2.45) is 0 Å². The van der Waals surface area contributed by atoms with Crippen LogP contribution < -0.4 is 18.9 Å². The molecule has 0 saturated carbocycles. The van der Waals surface area contributed by atoms with Gasteiger partial charge in [0.05, 0.1) is 21.3 Å². The van der Waals surface area contributed by atoms with Gasteiger partial charge in [-0.1, -0.05) is 18.2 Å². The van der Waals surface area contributed by atoms with Gasteiger partial charge in [0.1, 0.15) is 22.1 Å². The second kappa shape index (κ2) is 9.45. The zero-order valence-corrected chi connectivity index (χ0v) is 16.1. The van der Waals surface area contributed by atoms with Gasteiger partial charge in [-0.25, -0.2) is 13.1 Å². The lowest BCUT2D eigenvalue weighted by atomic mass is 10.1. The standard InChI is InChI=1S/C19H25NO5S/c1-23-16-11-12-18(25-3)19(14-16)26(21,22)20-13-7-6-9-15-8-4-5-10-17(15)24-2/h4-5,8,10-12,14,20H,6-7,9,13H2,1-3H3. The molecule has 0 bridgehead atoms. The van der Waals surface area contributed by atoms with Crippen molar-refractivity contribution in [1.82, 2.24) is 4.72 Å². The highest BCUT2D eigenvalue weighted by atomic mass is 32.2. The Morgan fingerprint density at radius 2 is 1.62 bits per heavy atom. The van der Waals surface area contributed by atoms with Gasteiger partial charge >= 0.3 is 0 Å². The molecule has 0 aliphatic rings. The fourth-order valence-electron chi connectivity index (χ4n) is 2.63. The first kappa shape index (κ1) is 20.1. The van der Waals surface area contributed by atoms with E-state index in [0.717, 1.165) is 24.2 Å². The summed E-state index contributed by atoms with van der Waals surface area (Å²) >= 11 is 0. The average molecular weight is 379 g/mol. The minimum atomic E-state index is -3.67. The van der Waals surface area contributed by atoms with Crippen molar-refractivity contribution in [3.8, 4) is 17.2 Å². The number of sulfonamides is 1. The third kappa shape index (κ3) is 5.12. The molecular formula is C19H25NO5S. The van der Waals surface area contributed by atoms with Gasteiger partial charge in [0.15, 0.2) is 0 Å². The predicted molar refractivity (Wildman–Crippen MR) is 101 cm³/mol. The first-order chi connectivity index (χ1) is 12.5. The lowest BCUT2D eigenvalue weighted by Gasteiger charge is -2.12. The van der Waals surface area contributed by atoms with E-state index in [-0.39, 0.29) is 10.6 Å². The maximum absolute atomic E-state index is 12.5. The Morgan fingerprint density at radius 1 is 0.885 bits per heavy atom. The number of hydrogen-bond donors (Lipinski definition) is 1. The van der Waals surface area contributed by atoms with Gasteiger partial charge in [-0.2, -0.15) is 0 Å². The van der Waals surface area contributed by atoms with E-state index in [1.807, 2.05) is 24.3 Å². The highest BCUT2D eigenvalue weighted by molar-refractivity contribution is 7.89. The summed E-state index contributed by atoms with van der Waals surface area (Å²) < 4.78 is 43.3. The summed E-state index contributed by atoms with van der Waals surface area (Å²) in [5, 5.41) is 0. The van der Waals surface area contributed by atoms with Crippen molar-refractivity contribution in [1.29, 1.82) is 0 Å². The minimum Gasteiger partial charge on any atom is -0.497 e. The zero-order chi connectivity index (χ0) is 19.0. The topological polar surface area (TPSA) is 73.9 Å². The summed E-state index contributed by atoms with van der Waals surface area (Å²) in [5.41, 5.74) is 1.12. The molecule has 0 unspecified atom stereocenters. The number of nitrogens with one attached hydrogen (secondary N) is 1. The third-order valence-corrected chi connectivity index (χ3v) is 5.50. The molecule has 2 aromatic rings. The number of unbranched alkanes of at least 4 members (excludes halogenated alkanes) is 1. The van der Waals surface area contributed by atoms with Crippen molar-refractivity contribution >= 4 is 10.0 Å². The molecule has 0 fully saturated rings. The van der Waals surface area contributed by atoms with E-state index in [9.17, 15) is 8.42 Å². The van der Waals surface area contributed by atoms with E-state index >= 15 is 0 Å². The lowest BCUT2D eigenvalue weighted by molar-refractivity contribution is 0.392. The number of aryl methyl sites for hydroxylation is 1. The summed E-state index contributed by atoms with van der Waals surface area (Å²) in [6.07, 6.45) is 2.38. The number of benzene rings is 2. The van der Waals surface area contributed by atoms with Crippen LogP contribution >= 0.6 is 0 Å². The van der Waals surface area contributed by atoms with E-state index < -0.39 is 10.0 Å². The second-order valence-electron chi connectivity index (χ2n) is 5.68. The minimum absolute atomic E-state index is 0.0732. The Kier molecular flexibility index (Phi) is 7.29. The molecule has 0 radical (unpaired) electrons. The Hall–Kier alpha value is -2.25. The van der Waals surface area contributed by atoms with E-state index in [1.54, 1.807) is 19.2 Å². The maximum Gasteiger partial charge on any atom is 0.244 e. The molecular weight excluding hydrogens is 354 g/mol. The first-order valence-electron chi connectivity index (χ1n) is 8.35. The van der Waals surface area contributed by atoms with Crippen molar-refractivity contribution in [3.63, 3.8) is 0 Å². The van der Waals surface area contributed by atoms with Crippen LogP contribution in [0.5, 0.6) is 17.2 Å². The van der Waals surface area contributed by atoms with Crippen LogP contribution in [0.15, 0.2) is 47.4 Å². The Morgan fingerprint density at radius 3 is 2.31 bits per heavy atom. The molecule has 0 aliphatic carbocycles. The largest absolute Gasteiger partial charge is 0.497 e. The van der Waals surface area contributed by atoms with Crippen molar-refractivity contribution < 1.29 is 22.6 Å². The quantitative estimate of drug-likeness (QED) is 0.643. The first-order valence-corrected chi connectivity index (χ1v) is 9.83. The van der Waals surface area contributed by atoms with Crippen LogP contribution in [-0.4, -0.2) is 36.3 Å². The Labute approximate surface area is 155 Å². The van der Waals surface area contributed by atoms with Gasteiger partial charge in [-0.05, 0) is 43.0 Å². The van der Waals surface area contributed by atoms with Crippen LogP contribution in [-0.2, 0) is 16.4 Å². The van der Waals surface area contributed by atoms with Crippen LogP contribution in [0.25, 0.3) is 0 Å². The molecule has 0 saturated heterocycles. The lowest BCUT2D eigenvalue weighted by Crippen LogP contribution is -2.25. The van der Waals surface area contributed by atoms with Gasteiger partial charge < -0.3 is 14.2 Å². The van der Waals surface area contributed by atoms with Crippen molar-refractivity contribution in [2.45, 2.75) is 24.2 Å². The molecule has 2 rings (SSSR count). The van der Waals surface area contributed by atoms with Crippen LogP contribution in [0.3, 0.4) is 0 Å². The highest BCUT2D eigenvalue weighted by Gasteiger charge is 2.20. The summed E-state index contributed by atoms with van der Waals surface area (Å²) in [6, 6.07) is 12.5. The summed E-state index contributed by atoms with van der Waals surface area (Å²) in [5.74, 6) is 1.60. The van der Waals surface area contributed by atoms with Gasteiger partial charge in [0.25, 0.3) is 0 Å². The summed E-state index contributed by atoms with van der Waals surface area (Å²) in [4.78, 5) is 0.0732. The number of rotatable bonds is 10. The monoisotopic (exact) mass is 379 g/mol. The molecule has 0 amide bonds. The smallest absolute Gasteiger partial charge is 0.244 e. The molecule has 0 heterocycles. The van der Waals surface area contributed by atoms with Crippen LogP contribution in [0, 0.1) is 0 Å². The van der Waals surface area contributed by atoms with Gasteiger partial charge in [0.2, 0.25) is 10.0 Å². The Balaban J connectivity index is 1.92. The van der Waals surface area contributed by atoms with Gasteiger partial charge in [-0.3, -0.25) is 0 Å². The number of hydrogen-bond acceptors (Lipinski definition) is 5. The predicted octanol–water partition coefficient (Wildman–Crippen LogP) is 3.01. The van der Waals surface area contributed by atoms with Gasteiger partial charge in [0, 0.05) is 12.6 Å². The molecule has 0 atom stereocenters.